The Balaban J connectivity index is 5.35. The Morgan fingerprint density at radius 1 is 0.794 bits per heavy atom. The van der Waals surface area contributed by atoms with Crippen molar-refractivity contribution >= 4 is 41.5 Å². The summed E-state index contributed by atoms with van der Waals surface area (Å²) in [5.41, 5.74) is 21.2. The van der Waals surface area contributed by atoms with Gasteiger partial charge in [0.15, 0.2) is 5.96 Å². The van der Waals surface area contributed by atoms with Crippen LogP contribution in [-0.4, -0.2) is 94.2 Å². The molecule has 4 amide bonds. The van der Waals surface area contributed by atoms with Crippen LogP contribution < -0.4 is 38.9 Å². The number of nitrogens with zero attached hydrogens (tertiary/aromatic N) is 1. The van der Waals surface area contributed by atoms with E-state index in [1.54, 1.807) is 0 Å². The maximum Gasteiger partial charge on any atom is 0.328 e. The predicted molar refractivity (Wildman–Crippen MR) is 114 cm³/mol. The average Bonchev–Trinajstić information content (AvgIpc) is 2.72. The molecule has 0 aliphatic carbocycles. The fraction of sp³-hybridized carbons (Fsp3) is 0.588. The van der Waals surface area contributed by atoms with E-state index in [2.05, 4.69) is 10.3 Å². The number of hydrogen-bond donors (Lipinski definition) is 10. The van der Waals surface area contributed by atoms with Crippen LogP contribution in [0.15, 0.2) is 4.99 Å². The number of aliphatic hydroxyl groups is 1. The first-order chi connectivity index (χ1) is 15.8. The number of aliphatic hydroxyl groups excluding tert-OH is 1. The number of aliphatic carboxylic acids is 2. The fourth-order valence-corrected chi connectivity index (χ4v) is 2.45. The number of guanidine groups is 1. The minimum Gasteiger partial charge on any atom is -0.481 e. The molecule has 0 saturated heterocycles. The first kappa shape index (κ1) is 30.0. The molecule has 0 spiro atoms. The van der Waals surface area contributed by atoms with Crippen molar-refractivity contribution in [3.8, 4) is 0 Å². The van der Waals surface area contributed by atoms with Crippen molar-refractivity contribution in [1.82, 2.24) is 16.0 Å². The van der Waals surface area contributed by atoms with Crippen LogP contribution >= 0.6 is 0 Å². The van der Waals surface area contributed by atoms with Gasteiger partial charge >= 0.3 is 11.9 Å². The lowest BCUT2D eigenvalue weighted by Crippen LogP contribution is -2.58. The molecule has 0 aliphatic heterocycles. The molecule has 0 radical (unpaired) electrons. The molecular formula is C17H30N8O9. The van der Waals surface area contributed by atoms with Gasteiger partial charge in [-0.3, -0.25) is 29.0 Å². The van der Waals surface area contributed by atoms with Crippen molar-refractivity contribution in [3.63, 3.8) is 0 Å². The lowest BCUT2D eigenvalue weighted by Gasteiger charge is -2.23. The van der Waals surface area contributed by atoms with Gasteiger partial charge in [-0.2, -0.15) is 0 Å². The van der Waals surface area contributed by atoms with Gasteiger partial charge < -0.3 is 54.2 Å². The van der Waals surface area contributed by atoms with Crippen LogP contribution in [0.2, 0.25) is 0 Å². The normalized spacial score (nSPS) is 13.9. The second-order valence-corrected chi connectivity index (χ2v) is 7.03. The maximum absolute atomic E-state index is 12.6. The van der Waals surface area contributed by atoms with Crippen molar-refractivity contribution in [2.75, 3.05) is 13.2 Å². The number of nitrogens with two attached hydrogens (primary N) is 4. The van der Waals surface area contributed by atoms with Crippen LogP contribution in [0.5, 0.6) is 0 Å². The standard InChI is InChI=1S/C17H30N8O9/c18-7(2-1-3-22-17(20)21)13(30)23-8(4-11(19)27)14(31)24-9(5-12(28)29)15(32)25-10(6-26)16(33)34/h7-10,26H,1-6,18H2,(H2,19,27)(H,23,30)(H,24,31)(H,25,32)(H,28,29)(H,33,34)(H4,20,21,22). The third-order valence-electron chi connectivity index (χ3n) is 4.15. The summed E-state index contributed by atoms with van der Waals surface area (Å²) in [6.07, 6.45) is -1.27. The minimum atomic E-state index is -1.81. The van der Waals surface area contributed by atoms with Crippen molar-refractivity contribution in [2.24, 2.45) is 27.9 Å². The summed E-state index contributed by atoms with van der Waals surface area (Å²) >= 11 is 0. The number of rotatable bonds is 16. The number of primary amides is 1. The summed E-state index contributed by atoms with van der Waals surface area (Å²) in [6.45, 7) is -0.818. The smallest absolute Gasteiger partial charge is 0.328 e. The molecule has 0 aromatic carbocycles. The van der Waals surface area contributed by atoms with E-state index in [9.17, 15) is 28.8 Å². The molecule has 0 heterocycles. The number of carboxylic acid groups (broad SMARTS) is 2. The molecule has 4 unspecified atom stereocenters. The SMILES string of the molecule is NC(=O)CC(NC(=O)C(N)CCCN=C(N)N)C(=O)NC(CC(=O)O)C(=O)NC(CO)C(=O)O. The first-order valence-corrected chi connectivity index (χ1v) is 9.84. The third-order valence-corrected chi connectivity index (χ3v) is 4.15. The van der Waals surface area contributed by atoms with E-state index < -0.39 is 79.2 Å². The molecule has 0 aromatic rings. The van der Waals surface area contributed by atoms with E-state index in [-0.39, 0.29) is 18.9 Å². The third kappa shape index (κ3) is 12.2. The first-order valence-electron chi connectivity index (χ1n) is 9.84. The van der Waals surface area contributed by atoms with Gasteiger partial charge in [0.2, 0.25) is 23.6 Å². The van der Waals surface area contributed by atoms with Gasteiger partial charge in [0.25, 0.3) is 0 Å². The van der Waals surface area contributed by atoms with Crippen molar-refractivity contribution in [3.05, 3.63) is 0 Å². The zero-order valence-electron chi connectivity index (χ0n) is 18.1. The second-order valence-electron chi connectivity index (χ2n) is 7.03. The van der Waals surface area contributed by atoms with Crippen LogP contribution in [-0.2, 0) is 28.8 Å². The van der Waals surface area contributed by atoms with Gasteiger partial charge in [-0.1, -0.05) is 0 Å². The van der Waals surface area contributed by atoms with E-state index in [0.717, 1.165) is 0 Å². The predicted octanol–water partition coefficient (Wildman–Crippen LogP) is -5.75. The van der Waals surface area contributed by atoms with Gasteiger partial charge in [0, 0.05) is 6.54 Å². The Morgan fingerprint density at radius 2 is 1.29 bits per heavy atom. The highest BCUT2D eigenvalue weighted by molar-refractivity contribution is 5.97. The van der Waals surface area contributed by atoms with Gasteiger partial charge in [0.05, 0.1) is 25.5 Å². The van der Waals surface area contributed by atoms with Gasteiger partial charge in [-0.25, -0.2) is 4.79 Å². The Bertz CT molecular complexity index is 800. The van der Waals surface area contributed by atoms with Gasteiger partial charge in [-0.15, -0.1) is 0 Å². The van der Waals surface area contributed by atoms with E-state index in [1.165, 1.54) is 0 Å². The summed E-state index contributed by atoms with van der Waals surface area (Å²) in [6, 6.07) is -6.32. The molecule has 0 fully saturated rings. The number of carboxylic acids is 2. The number of amides is 4. The van der Waals surface area contributed by atoms with Crippen LogP contribution in [0.4, 0.5) is 0 Å². The average molecular weight is 490 g/mol. The van der Waals surface area contributed by atoms with Crippen LogP contribution in [0, 0.1) is 0 Å². The number of hydrogen-bond acceptors (Lipinski definition) is 9. The monoisotopic (exact) mass is 490 g/mol. The van der Waals surface area contributed by atoms with Gasteiger partial charge in [-0.05, 0) is 12.8 Å². The molecule has 0 aromatic heterocycles. The molecule has 0 aliphatic rings. The number of aliphatic imine (C=N–C) groups is 1. The lowest BCUT2D eigenvalue weighted by molar-refractivity contribution is -0.144. The van der Waals surface area contributed by atoms with Crippen molar-refractivity contribution < 1.29 is 44.1 Å². The Morgan fingerprint density at radius 3 is 1.74 bits per heavy atom. The highest BCUT2D eigenvalue weighted by atomic mass is 16.4. The van der Waals surface area contributed by atoms with Crippen LogP contribution in [0.3, 0.4) is 0 Å². The van der Waals surface area contributed by atoms with E-state index in [1.807, 2.05) is 10.6 Å². The minimum absolute atomic E-state index is 0.106. The van der Waals surface area contributed by atoms with Gasteiger partial charge in [0.1, 0.15) is 18.1 Å². The van der Waals surface area contributed by atoms with Crippen molar-refractivity contribution in [2.45, 2.75) is 49.9 Å². The summed E-state index contributed by atoms with van der Waals surface area (Å²) in [5.74, 6) is -7.54. The Kier molecular flexibility index (Phi) is 13.2. The number of nitrogens with one attached hydrogen (secondary N) is 3. The topological polar surface area (TPSA) is 316 Å². The molecule has 17 heteroatoms. The number of carbonyl (C=O) groups excluding carboxylic acids is 4. The highest BCUT2D eigenvalue weighted by Crippen LogP contribution is 2.02. The van der Waals surface area contributed by atoms with Crippen LogP contribution in [0.1, 0.15) is 25.7 Å². The molecule has 0 bridgehead atoms. The molecule has 192 valence electrons. The van der Waals surface area contributed by atoms with E-state index in [0.29, 0.717) is 6.42 Å². The molecule has 4 atom stereocenters. The van der Waals surface area contributed by atoms with Crippen LogP contribution in [0.25, 0.3) is 0 Å². The second kappa shape index (κ2) is 15.0. The summed E-state index contributed by atoms with van der Waals surface area (Å²) in [4.78, 5) is 74.3. The summed E-state index contributed by atoms with van der Waals surface area (Å²) < 4.78 is 0. The Labute approximate surface area is 193 Å². The zero-order chi connectivity index (χ0) is 26.4. The molecule has 0 rings (SSSR count). The highest BCUT2D eigenvalue weighted by Gasteiger charge is 2.32. The maximum atomic E-state index is 12.6. The van der Waals surface area contributed by atoms with Crippen molar-refractivity contribution in [1.29, 1.82) is 0 Å². The summed E-state index contributed by atoms with van der Waals surface area (Å²) in [5, 5.41) is 33.0. The molecular weight excluding hydrogens is 460 g/mol. The lowest BCUT2D eigenvalue weighted by atomic mass is 10.1. The summed E-state index contributed by atoms with van der Waals surface area (Å²) in [7, 11) is 0. The Hall–Kier alpha value is -3.99. The fourth-order valence-electron chi connectivity index (χ4n) is 2.45. The zero-order valence-corrected chi connectivity index (χ0v) is 18.1. The molecule has 0 saturated carbocycles. The number of carbonyl (C=O) groups is 6. The van der Waals surface area contributed by atoms with E-state index in [4.69, 9.17) is 38.3 Å². The molecule has 14 N–H and O–H groups in total. The molecule has 17 nitrogen and oxygen atoms in total. The van der Waals surface area contributed by atoms with E-state index >= 15 is 0 Å². The quantitative estimate of drug-likeness (QED) is 0.0549. The molecule has 34 heavy (non-hydrogen) atoms. The largest absolute Gasteiger partial charge is 0.481 e.